The Labute approximate surface area is 102 Å². The van der Waals surface area contributed by atoms with Gasteiger partial charge >= 0.3 is 0 Å². The van der Waals surface area contributed by atoms with Gasteiger partial charge in [-0.25, -0.2) is 4.72 Å². The molecule has 0 radical (unpaired) electrons. The number of benzene rings is 1. The third-order valence-corrected chi connectivity index (χ3v) is 3.09. The van der Waals surface area contributed by atoms with Crippen LogP contribution in [0.5, 0.6) is 0 Å². The van der Waals surface area contributed by atoms with Crippen LogP contribution in [0.3, 0.4) is 0 Å². The first-order valence-corrected chi connectivity index (χ1v) is 6.52. The summed E-state index contributed by atoms with van der Waals surface area (Å²) in [5.74, 6) is 5.63. The first kappa shape index (κ1) is 13.7. The van der Waals surface area contributed by atoms with Crippen molar-refractivity contribution < 1.29 is 8.42 Å². The van der Waals surface area contributed by atoms with Gasteiger partial charge in [-0.2, -0.15) is 13.1 Å². The van der Waals surface area contributed by atoms with Crippen molar-refractivity contribution in [3.63, 3.8) is 0 Å². The fourth-order valence-electron chi connectivity index (χ4n) is 1.11. The molecule has 1 aromatic rings. The molecule has 0 bridgehead atoms. The molecule has 0 spiro atoms. The summed E-state index contributed by atoms with van der Waals surface area (Å²) < 4.78 is 26.8. The van der Waals surface area contributed by atoms with E-state index in [-0.39, 0.29) is 6.54 Å². The highest BCUT2D eigenvalue weighted by molar-refractivity contribution is 7.87. The molecule has 0 fully saturated rings. The molecule has 0 aliphatic carbocycles. The van der Waals surface area contributed by atoms with Crippen LogP contribution in [0.15, 0.2) is 24.3 Å². The summed E-state index contributed by atoms with van der Waals surface area (Å²) in [6.45, 7) is 0.567. The molecule has 6 heteroatoms. The van der Waals surface area contributed by atoms with Gasteiger partial charge in [0.05, 0.1) is 6.54 Å². The van der Waals surface area contributed by atoms with Gasteiger partial charge in [-0.3, -0.25) is 0 Å². The number of nitrogens with two attached hydrogens (primary N) is 1. The van der Waals surface area contributed by atoms with E-state index in [1.54, 1.807) is 0 Å². The summed E-state index contributed by atoms with van der Waals surface area (Å²) in [4.78, 5) is 0. The molecule has 5 nitrogen and oxygen atoms in total. The van der Waals surface area contributed by atoms with E-state index in [1.165, 1.54) is 7.05 Å². The standard InChI is InChI=1S/C11H15N3O2S/c1-13-17(15,16)14-9-11-6-4-10(5-7-11)3-2-8-12/h4-7,13-14H,8-9,12H2,1H3. The van der Waals surface area contributed by atoms with Crippen molar-refractivity contribution in [1.82, 2.24) is 9.44 Å². The van der Waals surface area contributed by atoms with E-state index < -0.39 is 10.2 Å². The van der Waals surface area contributed by atoms with E-state index in [9.17, 15) is 8.42 Å². The minimum Gasteiger partial charge on any atom is -0.320 e. The highest BCUT2D eigenvalue weighted by Gasteiger charge is 2.04. The Morgan fingerprint density at radius 3 is 2.47 bits per heavy atom. The zero-order valence-electron chi connectivity index (χ0n) is 9.53. The largest absolute Gasteiger partial charge is 0.320 e. The van der Waals surface area contributed by atoms with Crippen LogP contribution in [0, 0.1) is 11.8 Å². The van der Waals surface area contributed by atoms with Crippen LogP contribution in [0.25, 0.3) is 0 Å². The van der Waals surface area contributed by atoms with Gasteiger partial charge in [0.1, 0.15) is 0 Å². The Bertz CT molecular complexity index is 512. The van der Waals surface area contributed by atoms with Crippen LogP contribution >= 0.6 is 0 Å². The van der Waals surface area contributed by atoms with E-state index in [0.29, 0.717) is 6.54 Å². The molecule has 0 aliphatic heterocycles. The Hall–Kier alpha value is -1.39. The molecule has 0 amide bonds. The van der Waals surface area contributed by atoms with Crippen LogP contribution in [-0.4, -0.2) is 22.0 Å². The average molecular weight is 253 g/mol. The maximum atomic E-state index is 11.1. The summed E-state index contributed by atoms with van der Waals surface area (Å²) in [5.41, 5.74) is 6.98. The first-order valence-electron chi connectivity index (χ1n) is 5.03. The number of rotatable bonds is 4. The Balaban J connectivity index is 2.63. The van der Waals surface area contributed by atoms with Gasteiger partial charge in [-0.05, 0) is 17.7 Å². The van der Waals surface area contributed by atoms with E-state index in [0.717, 1.165) is 11.1 Å². The lowest BCUT2D eigenvalue weighted by Gasteiger charge is -2.04. The number of nitrogens with one attached hydrogen (secondary N) is 2. The van der Waals surface area contributed by atoms with E-state index in [4.69, 9.17) is 5.73 Å². The van der Waals surface area contributed by atoms with Crippen LogP contribution in [0.1, 0.15) is 11.1 Å². The monoisotopic (exact) mass is 253 g/mol. The molecule has 17 heavy (non-hydrogen) atoms. The third-order valence-electron chi connectivity index (χ3n) is 2.02. The fourth-order valence-corrected chi connectivity index (χ4v) is 1.61. The van der Waals surface area contributed by atoms with Crippen molar-refractivity contribution >= 4 is 10.2 Å². The maximum absolute atomic E-state index is 11.1. The molecular weight excluding hydrogens is 238 g/mol. The van der Waals surface area contributed by atoms with Gasteiger partial charge in [0.2, 0.25) is 0 Å². The predicted molar refractivity (Wildman–Crippen MR) is 67.2 cm³/mol. The van der Waals surface area contributed by atoms with E-state index >= 15 is 0 Å². The molecule has 0 saturated carbocycles. The zero-order valence-corrected chi connectivity index (χ0v) is 10.3. The topological polar surface area (TPSA) is 84.2 Å². The second-order valence-corrected chi connectivity index (χ2v) is 4.94. The molecule has 1 rings (SSSR count). The Morgan fingerprint density at radius 2 is 1.94 bits per heavy atom. The molecule has 4 N–H and O–H groups in total. The lowest BCUT2D eigenvalue weighted by atomic mass is 10.1. The Kier molecular flexibility index (Phi) is 5.12. The molecule has 0 atom stereocenters. The summed E-state index contributed by atoms with van der Waals surface area (Å²) in [5, 5.41) is 0. The smallest absolute Gasteiger partial charge is 0.276 e. The Morgan fingerprint density at radius 1 is 1.29 bits per heavy atom. The van der Waals surface area contributed by atoms with Crippen LogP contribution in [0.4, 0.5) is 0 Å². The minimum atomic E-state index is -3.39. The molecule has 0 aromatic heterocycles. The van der Waals surface area contributed by atoms with Crippen molar-refractivity contribution in [1.29, 1.82) is 0 Å². The van der Waals surface area contributed by atoms with Gasteiger partial charge in [-0.1, -0.05) is 24.0 Å². The van der Waals surface area contributed by atoms with Crippen LogP contribution in [0.2, 0.25) is 0 Å². The summed E-state index contributed by atoms with van der Waals surface area (Å²) in [6, 6.07) is 7.29. The van der Waals surface area contributed by atoms with Gasteiger partial charge in [0.15, 0.2) is 0 Å². The van der Waals surface area contributed by atoms with Crippen molar-refractivity contribution in [3.05, 3.63) is 35.4 Å². The fraction of sp³-hybridized carbons (Fsp3) is 0.273. The molecule has 0 heterocycles. The SMILES string of the molecule is CNS(=O)(=O)NCc1ccc(C#CCN)cc1. The summed E-state index contributed by atoms with van der Waals surface area (Å²) >= 11 is 0. The average Bonchev–Trinajstić information content (AvgIpc) is 2.35. The van der Waals surface area contributed by atoms with Gasteiger partial charge in [0.25, 0.3) is 10.2 Å². The third kappa shape index (κ3) is 4.97. The number of hydrogen-bond donors (Lipinski definition) is 3. The molecular formula is C11H15N3O2S. The zero-order chi connectivity index (χ0) is 12.7. The highest BCUT2D eigenvalue weighted by atomic mass is 32.2. The highest BCUT2D eigenvalue weighted by Crippen LogP contribution is 2.03. The summed E-state index contributed by atoms with van der Waals surface area (Å²) in [6.07, 6.45) is 0. The summed E-state index contributed by atoms with van der Waals surface area (Å²) in [7, 11) is -2.03. The lowest BCUT2D eigenvalue weighted by molar-refractivity contribution is 0.573. The normalized spacial score (nSPS) is 10.7. The van der Waals surface area contributed by atoms with Crippen molar-refractivity contribution in [2.24, 2.45) is 5.73 Å². The molecule has 0 unspecified atom stereocenters. The van der Waals surface area contributed by atoms with Gasteiger partial charge in [-0.15, -0.1) is 0 Å². The predicted octanol–water partition coefficient (Wildman–Crippen LogP) is -0.449. The van der Waals surface area contributed by atoms with Gasteiger partial charge < -0.3 is 5.73 Å². The number of hydrogen-bond acceptors (Lipinski definition) is 3. The quantitative estimate of drug-likeness (QED) is 0.635. The molecule has 1 aromatic carbocycles. The first-order chi connectivity index (χ1) is 8.07. The van der Waals surface area contributed by atoms with E-state index in [1.807, 2.05) is 24.3 Å². The van der Waals surface area contributed by atoms with Gasteiger partial charge in [0, 0.05) is 19.2 Å². The van der Waals surface area contributed by atoms with Crippen LogP contribution < -0.4 is 15.2 Å². The molecule has 0 saturated heterocycles. The van der Waals surface area contributed by atoms with E-state index in [2.05, 4.69) is 21.3 Å². The second kappa shape index (κ2) is 6.37. The minimum absolute atomic E-state index is 0.244. The van der Waals surface area contributed by atoms with Crippen molar-refractivity contribution in [2.75, 3.05) is 13.6 Å². The molecule has 0 aliphatic rings. The van der Waals surface area contributed by atoms with Crippen molar-refractivity contribution in [2.45, 2.75) is 6.54 Å². The van der Waals surface area contributed by atoms with Crippen molar-refractivity contribution in [3.8, 4) is 11.8 Å². The lowest BCUT2D eigenvalue weighted by Crippen LogP contribution is -2.33. The second-order valence-electron chi connectivity index (χ2n) is 3.23. The molecule has 92 valence electrons. The maximum Gasteiger partial charge on any atom is 0.276 e. The van der Waals surface area contributed by atoms with Crippen LogP contribution in [-0.2, 0) is 16.8 Å².